The smallest absolute Gasteiger partial charge is 0.253 e. The second kappa shape index (κ2) is 8.30. The molecule has 2 aromatic heterocycles. The Labute approximate surface area is 182 Å². The van der Waals surface area contributed by atoms with E-state index in [1.165, 1.54) is 19.3 Å². The van der Waals surface area contributed by atoms with Crippen molar-refractivity contribution in [2.24, 2.45) is 11.8 Å². The Hall–Kier alpha value is -2.93. The molecule has 3 aromatic rings. The number of imidazole rings is 1. The van der Waals surface area contributed by atoms with Crippen LogP contribution in [0.15, 0.2) is 36.5 Å². The Bertz CT molecular complexity index is 1070. The first kappa shape index (κ1) is 20.0. The van der Waals surface area contributed by atoms with Crippen molar-refractivity contribution in [3.05, 3.63) is 42.1 Å². The Morgan fingerprint density at radius 2 is 2.00 bits per heavy atom. The lowest BCUT2D eigenvalue weighted by atomic mass is 9.95. The maximum Gasteiger partial charge on any atom is 0.253 e. The van der Waals surface area contributed by atoms with Gasteiger partial charge >= 0.3 is 0 Å². The van der Waals surface area contributed by atoms with Gasteiger partial charge in [0.25, 0.3) is 5.91 Å². The molecular formula is C24H30N6O. The number of H-pyrrole nitrogens is 1. The molecule has 1 aromatic carbocycles. The summed E-state index contributed by atoms with van der Waals surface area (Å²) < 4.78 is 0. The second-order valence-electron chi connectivity index (χ2n) is 9.20. The van der Waals surface area contributed by atoms with E-state index < -0.39 is 0 Å². The van der Waals surface area contributed by atoms with Crippen LogP contribution in [0.4, 0.5) is 5.69 Å². The number of hydrogen-bond donors (Lipinski definition) is 3. The molecule has 7 heteroatoms. The van der Waals surface area contributed by atoms with Crippen molar-refractivity contribution in [3.8, 4) is 11.4 Å². The van der Waals surface area contributed by atoms with Crippen molar-refractivity contribution in [1.29, 1.82) is 0 Å². The standard InChI is InChI=1S/C24H30N6O/c1-30(2)12-11-25-18-7-5-16(6-8-18)22-28-21-19(9-10-26-23(21)29-22)24(31)27-20-14-15-3-4-17(20)13-15/h5-10,15,17,20,25H,3-4,11-14H2,1-2H3,(H,27,31)(H,26,28,29). The van der Waals surface area contributed by atoms with Gasteiger partial charge in [-0.15, -0.1) is 0 Å². The minimum Gasteiger partial charge on any atom is -0.384 e. The van der Waals surface area contributed by atoms with Gasteiger partial charge in [0.15, 0.2) is 5.65 Å². The van der Waals surface area contributed by atoms with Crippen LogP contribution in [-0.2, 0) is 0 Å². The van der Waals surface area contributed by atoms with Crippen molar-refractivity contribution in [2.45, 2.75) is 31.7 Å². The zero-order valence-electron chi connectivity index (χ0n) is 18.2. The number of nitrogens with zero attached hydrogens (tertiary/aromatic N) is 3. The Balaban J connectivity index is 1.33. The number of fused-ring (bicyclic) bond motifs is 3. The van der Waals surface area contributed by atoms with Gasteiger partial charge in [0.05, 0.1) is 11.1 Å². The van der Waals surface area contributed by atoms with Gasteiger partial charge in [-0.1, -0.05) is 6.42 Å². The lowest BCUT2D eigenvalue weighted by Gasteiger charge is -2.22. The summed E-state index contributed by atoms with van der Waals surface area (Å²) in [6, 6.07) is 10.3. The van der Waals surface area contributed by atoms with Crippen molar-refractivity contribution < 1.29 is 4.79 Å². The summed E-state index contributed by atoms with van der Waals surface area (Å²) in [5.74, 6) is 2.14. The number of carbonyl (C=O) groups is 1. The van der Waals surface area contributed by atoms with Crippen molar-refractivity contribution >= 4 is 22.8 Å². The van der Waals surface area contributed by atoms with E-state index in [0.717, 1.165) is 42.5 Å². The average Bonchev–Trinajstić information content (AvgIpc) is 3.49. The van der Waals surface area contributed by atoms with Gasteiger partial charge < -0.3 is 20.5 Å². The first-order chi connectivity index (χ1) is 15.1. The molecule has 3 unspecified atom stereocenters. The van der Waals surface area contributed by atoms with E-state index in [9.17, 15) is 4.79 Å². The van der Waals surface area contributed by atoms with Gasteiger partial charge in [-0.05, 0) is 75.5 Å². The Morgan fingerprint density at radius 3 is 2.71 bits per heavy atom. The van der Waals surface area contributed by atoms with Crippen LogP contribution in [0, 0.1) is 11.8 Å². The van der Waals surface area contributed by atoms with Crippen LogP contribution in [0.3, 0.4) is 0 Å². The summed E-state index contributed by atoms with van der Waals surface area (Å²) in [5, 5.41) is 6.69. The number of rotatable bonds is 7. The molecule has 0 radical (unpaired) electrons. The quantitative estimate of drug-likeness (QED) is 0.547. The van der Waals surface area contributed by atoms with Crippen LogP contribution in [0.25, 0.3) is 22.6 Å². The van der Waals surface area contributed by atoms with E-state index in [4.69, 9.17) is 0 Å². The van der Waals surface area contributed by atoms with Gasteiger partial charge in [-0.2, -0.15) is 0 Å². The molecule has 2 saturated carbocycles. The molecule has 2 fully saturated rings. The van der Waals surface area contributed by atoms with E-state index in [2.05, 4.69) is 44.6 Å². The highest BCUT2D eigenvalue weighted by Gasteiger charge is 2.40. The number of carbonyl (C=O) groups excluding carboxylic acids is 1. The highest BCUT2D eigenvalue weighted by molar-refractivity contribution is 6.04. The third-order valence-corrected chi connectivity index (χ3v) is 6.74. The van der Waals surface area contributed by atoms with Gasteiger partial charge in [-0.25, -0.2) is 9.97 Å². The molecule has 5 rings (SSSR count). The topological polar surface area (TPSA) is 85.9 Å². The molecule has 3 atom stereocenters. The normalized spacial score (nSPS) is 22.4. The second-order valence-corrected chi connectivity index (χ2v) is 9.20. The number of pyridine rings is 1. The van der Waals surface area contributed by atoms with Crippen LogP contribution in [0.1, 0.15) is 36.0 Å². The monoisotopic (exact) mass is 418 g/mol. The first-order valence-electron chi connectivity index (χ1n) is 11.2. The van der Waals surface area contributed by atoms with E-state index in [0.29, 0.717) is 28.7 Å². The summed E-state index contributed by atoms with van der Waals surface area (Å²) in [6.07, 6.45) is 6.62. The molecule has 2 bridgehead atoms. The molecular weight excluding hydrogens is 388 g/mol. The Morgan fingerprint density at radius 1 is 1.16 bits per heavy atom. The molecule has 0 spiro atoms. The Kier molecular flexibility index (Phi) is 5.36. The largest absolute Gasteiger partial charge is 0.384 e. The number of aromatic amines is 1. The fourth-order valence-corrected chi connectivity index (χ4v) is 5.07. The summed E-state index contributed by atoms with van der Waals surface area (Å²) >= 11 is 0. The predicted molar refractivity (Wildman–Crippen MR) is 123 cm³/mol. The van der Waals surface area contributed by atoms with Gasteiger partial charge in [0, 0.05) is 36.6 Å². The number of nitrogens with one attached hydrogen (secondary N) is 3. The molecule has 3 N–H and O–H groups in total. The molecule has 2 aliphatic carbocycles. The molecule has 162 valence electrons. The van der Waals surface area contributed by atoms with Crippen LogP contribution in [0.5, 0.6) is 0 Å². The molecule has 1 amide bonds. The fraction of sp³-hybridized carbons (Fsp3) is 0.458. The number of likely N-dealkylation sites (N-methyl/N-ethyl adjacent to an activating group) is 1. The third kappa shape index (κ3) is 4.14. The lowest BCUT2D eigenvalue weighted by Crippen LogP contribution is -2.38. The first-order valence-corrected chi connectivity index (χ1v) is 11.2. The third-order valence-electron chi connectivity index (χ3n) is 6.74. The number of aromatic nitrogens is 3. The molecule has 31 heavy (non-hydrogen) atoms. The highest BCUT2D eigenvalue weighted by atomic mass is 16.1. The summed E-state index contributed by atoms with van der Waals surface area (Å²) in [6.45, 7) is 1.87. The summed E-state index contributed by atoms with van der Waals surface area (Å²) in [4.78, 5) is 27.5. The van der Waals surface area contributed by atoms with Gasteiger partial charge in [0.2, 0.25) is 0 Å². The maximum atomic E-state index is 13.0. The average molecular weight is 419 g/mol. The molecule has 2 aliphatic rings. The van der Waals surface area contributed by atoms with Crippen LogP contribution in [-0.4, -0.2) is 59.0 Å². The maximum absolute atomic E-state index is 13.0. The van der Waals surface area contributed by atoms with E-state index in [-0.39, 0.29) is 5.91 Å². The van der Waals surface area contributed by atoms with Crippen molar-refractivity contribution in [2.75, 3.05) is 32.5 Å². The van der Waals surface area contributed by atoms with E-state index in [1.54, 1.807) is 12.3 Å². The fourth-order valence-electron chi connectivity index (χ4n) is 5.07. The van der Waals surface area contributed by atoms with Gasteiger partial charge in [-0.3, -0.25) is 4.79 Å². The minimum absolute atomic E-state index is 0.0272. The van der Waals surface area contributed by atoms with Crippen LogP contribution >= 0.6 is 0 Å². The lowest BCUT2D eigenvalue weighted by molar-refractivity contribution is 0.0924. The predicted octanol–water partition coefficient (Wildman–Crippen LogP) is 3.52. The molecule has 0 saturated heterocycles. The highest BCUT2D eigenvalue weighted by Crippen LogP contribution is 2.44. The SMILES string of the molecule is CN(C)CCNc1ccc(-c2nc3nccc(C(=O)NC4CC5CCC4C5)c3[nH]2)cc1. The van der Waals surface area contributed by atoms with Crippen LogP contribution < -0.4 is 10.6 Å². The summed E-state index contributed by atoms with van der Waals surface area (Å²) in [5.41, 5.74) is 3.94. The van der Waals surface area contributed by atoms with Crippen molar-refractivity contribution in [3.63, 3.8) is 0 Å². The number of anilines is 1. The summed E-state index contributed by atoms with van der Waals surface area (Å²) in [7, 11) is 4.12. The molecule has 0 aliphatic heterocycles. The van der Waals surface area contributed by atoms with Crippen LogP contribution in [0.2, 0.25) is 0 Å². The number of amides is 1. The minimum atomic E-state index is -0.0272. The zero-order valence-corrected chi connectivity index (χ0v) is 18.2. The van der Waals surface area contributed by atoms with E-state index in [1.807, 2.05) is 24.3 Å². The molecule has 2 heterocycles. The number of benzene rings is 1. The number of hydrogen-bond acceptors (Lipinski definition) is 5. The molecule has 7 nitrogen and oxygen atoms in total. The van der Waals surface area contributed by atoms with Gasteiger partial charge in [0.1, 0.15) is 5.82 Å². The van der Waals surface area contributed by atoms with E-state index >= 15 is 0 Å². The van der Waals surface area contributed by atoms with Crippen molar-refractivity contribution in [1.82, 2.24) is 25.2 Å². The zero-order chi connectivity index (χ0) is 21.4.